The number of rotatable bonds is 7. The van der Waals surface area contributed by atoms with Gasteiger partial charge in [0, 0.05) is 13.1 Å². The van der Waals surface area contributed by atoms with Crippen molar-refractivity contribution < 1.29 is 9.53 Å². The topological polar surface area (TPSA) is 50.4 Å². The molecule has 0 aliphatic carbocycles. The highest BCUT2D eigenvalue weighted by molar-refractivity contribution is 5.77. The van der Waals surface area contributed by atoms with Crippen LogP contribution in [0.5, 0.6) is 5.75 Å². The SMILES string of the molecule is CCNCCNC(=O)COc1c(C)cc(C)cc1C. The second kappa shape index (κ2) is 7.79. The maximum Gasteiger partial charge on any atom is 0.257 e. The number of benzene rings is 1. The van der Waals surface area contributed by atoms with E-state index in [9.17, 15) is 4.79 Å². The van der Waals surface area contributed by atoms with Crippen LogP contribution in [0, 0.1) is 20.8 Å². The summed E-state index contributed by atoms with van der Waals surface area (Å²) in [6.45, 7) is 10.5. The van der Waals surface area contributed by atoms with Gasteiger partial charge in [-0.25, -0.2) is 0 Å². The van der Waals surface area contributed by atoms with E-state index >= 15 is 0 Å². The minimum absolute atomic E-state index is 0.0663. The van der Waals surface area contributed by atoms with E-state index in [1.807, 2.05) is 20.8 Å². The Morgan fingerprint density at radius 3 is 2.37 bits per heavy atom. The molecule has 4 heteroatoms. The summed E-state index contributed by atoms with van der Waals surface area (Å²) in [5, 5.41) is 5.96. The number of aryl methyl sites for hydroxylation is 3. The average molecular weight is 264 g/mol. The highest BCUT2D eigenvalue weighted by Gasteiger charge is 2.07. The molecule has 1 rings (SSSR count). The zero-order valence-electron chi connectivity index (χ0n) is 12.3. The zero-order valence-corrected chi connectivity index (χ0v) is 12.3. The number of carbonyl (C=O) groups excluding carboxylic acids is 1. The van der Waals surface area contributed by atoms with Crippen molar-refractivity contribution in [1.29, 1.82) is 0 Å². The molecule has 0 unspecified atom stereocenters. The number of hydrogen-bond donors (Lipinski definition) is 2. The van der Waals surface area contributed by atoms with Crippen molar-refractivity contribution in [2.45, 2.75) is 27.7 Å². The molecule has 0 atom stereocenters. The smallest absolute Gasteiger partial charge is 0.257 e. The molecule has 1 amide bonds. The van der Waals surface area contributed by atoms with Gasteiger partial charge in [0.2, 0.25) is 0 Å². The van der Waals surface area contributed by atoms with Crippen LogP contribution < -0.4 is 15.4 Å². The van der Waals surface area contributed by atoms with Crippen molar-refractivity contribution in [2.24, 2.45) is 0 Å². The second-order valence-electron chi connectivity index (χ2n) is 4.72. The van der Waals surface area contributed by atoms with E-state index in [4.69, 9.17) is 4.74 Å². The van der Waals surface area contributed by atoms with E-state index in [1.165, 1.54) is 5.56 Å². The molecule has 0 radical (unpaired) electrons. The average Bonchev–Trinajstić information content (AvgIpc) is 2.33. The first-order chi connectivity index (χ1) is 9.04. The lowest BCUT2D eigenvalue weighted by molar-refractivity contribution is -0.123. The first-order valence-corrected chi connectivity index (χ1v) is 6.72. The van der Waals surface area contributed by atoms with Crippen molar-refractivity contribution in [3.05, 3.63) is 28.8 Å². The fraction of sp³-hybridized carbons (Fsp3) is 0.533. The third-order valence-electron chi connectivity index (χ3n) is 2.83. The summed E-state index contributed by atoms with van der Waals surface area (Å²) in [5.41, 5.74) is 3.34. The van der Waals surface area contributed by atoms with E-state index in [0.29, 0.717) is 6.54 Å². The summed E-state index contributed by atoms with van der Waals surface area (Å²) in [6.07, 6.45) is 0. The van der Waals surface area contributed by atoms with Crippen LogP contribution in [-0.2, 0) is 4.79 Å². The monoisotopic (exact) mass is 264 g/mol. The molecule has 106 valence electrons. The van der Waals surface area contributed by atoms with Crippen LogP contribution in [0.3, 0.4) is 0 Å². The van der Waals surface area contributed by atoms with Crippen LogP contribution >= 0.6 is 0 Å². The van der Waals surface area contributed by atoms with E-state index in [1.54, 1.807) is 0 Å². The minimum Gasteiger partial charge on any atom is -0.483 e. The van der Waals surface area contributed by atoms with Crippen LogP contribution in [0.4, 0.5) is 0 Å². The van der Waals surface area contributed by atoms with Crippen LogP contribution in [-0.4, -0.2) is 32.1 Å². The number of carbonyl (C=O) groups is 1. The predicted molar refractivity (Wildman–Crippen MR) is 77.7 cm³/mol. The molecule has 2 N–H and O–H groups in total. The number of likely N-dealkylation sites (N-methyl/N-ethyl adjacent to an activating group) is 1. The largest absolute Gasteiger partial charge is 0.483 e. The Balaban J connectivity index is 2.42. The molecule has 0 heterocycles. The molecule has 0 aliphatic rings. The summed E-state index contributed by atoms with van der Waals surface area (Å²) >= 11 is 0. The minimum atomic E-state index is -0.0859. The fourth-order valence-electron chi connectivity index (χ4n) is 2.05. The maximum atomic E-state index is 11.6. The Hall–Kier alpha value is -1.55. The molecular weight excluding hydrogens is 240 g/mol. The molecule has 19 heavy (non-hydrogen) atoms. The van der Waals surface area contributed by atoms with Gasteiger partial charge in [0.1, 0.15) is 5.75 Å². The highest BCUT2D eigenvalue weighted by Crippen LogP contribution is 2.24. The van der Waals surface area contributed by atoms with Crippen LogP contribution in [0.2, 0.25) is 0 Å². The predicted octanol–water partition coefficient (Wildman–Crippen LogP) is 1.72. The number of ether oxygens (including phenoxy) is 1. The second-order valence-corrected chi connectivity index (χ2v) is 4.72. The molecule has 0 spiro atoms. The molecule has 0 bridgehead atoms. The van der Waals surface area contributed by atoms with Crippen molar-refractivity contribution in [3.63, 3.8) is 0 Å². The molecule has 0 aliphatic heterocycles. The van der Waals surface area contributed by atoms with Gasteiger partial charge in [-0.2, -0.15) is 0 Å². The van der Waals surface area contributed by atoms with E-state index in [-0.39, 0.29) is 12.5 Å². The molecule has 4 nitrogen and oxygen atoms in total. The molecule has 0 saturated heterocycles. The Morgan fingerprint density at radius 2 is 1.79 bits per heavy atom. The van der Waals surface area contributed by atoms with Gasteiger partial charge in [0.15, 0.2) is 6.61 Å². The van der Waals surface area contributed by atoms with E-state index in [0.717, 1.165) is 30.0 Å². The van der Waals surface area contributed by atoms with Gasteiger partial charge in [-0.3, -0.25) is 4.79 Å². The fourth-order valence-corrected chi connectivity index (χ4v) is 2.05. The zero-order chi connectivity index (χ0) is 14.3. The third kappa shape index (κ3) is 5.30. The first-order valence-electron chi connectivity index (χ1n) is 6.72. The Morgan fingerprint density at radius 1 is 1.16 bits per heavy atom. The summed E-state index contributed by atoms with van der Waals surface area (Å²) in [4.78, 5) is 11.6. The summed E-state index contributed by atoms with van der Waals surface area (Å²) in [7, 11) is 0. The van der Waals surface area contributed by atoms with Crippen molar-refractivity contribution in [1.82, 2.24) is 10.6 Å². The normalized spacial score (nSPS) is 10.3. The lowest BCUT2D eigenvalue weighted by atomic mass is 10.1. The highest BCUT2D eigenvalue weighted by atomic mass is 16.5. The Labute approximate surface area is 115 Å². The Kier molecular flexibility index (Phi) is 6.36. The molecule has 1 aromatic rings. The molecule has 0 saturated carbocycles. The number of hydrogen-bond acceptors (Lipinski definition) is 3. The van der Waals surface area contributed by atoms with Gasteiger partial charge in [-0.15, -0.1) is 0 Å². The molecular formula is C15H24N2O2. The molecule has 1 aromatic carbocycles. The first kappa shape index (κ1) is 15.5. The van der Waals surface area contributed by atoms with Gasteiger partial charge in [0.25, 0.3) is 5.91 Å². The quantitative estimate of drug-likeness (QED) is 0.737. The van der Waals surface area contributed by atoms with Gasteiger partial charge >= 0.3 is 0 Å². The van der Waals surface area contributed by atoms with Crippen molar-refractivity contribution in [3.8, 4) is 5.75 Å². The number of amides is 1. The summed E-state index contributed by atoms with van der Waals surface area (Å²) in [5.74, 6) is 0.727. The van der Waals surface area contributed by atoms with E-state index in [2.05, 4.69) is 29.7 Å². The Bertz CT molecular complexity index is 407. The van der Waals surface area contributed by atoms with Gasteiger partial charge < -0.3 is 15.4 Å². The third-order valence-corrected chi connectivity index (χ3v) is 2.83. The lowest BCUT2D eigenvalue weighted by Gasteiger charge is -2.13. The lowest BCUT2D eigenvalue weighted by Crippen LogP contribution is -2.34. The van der Waals surface area contributed by atoms with Crippen LogP contribution in [0.1, 0.15) is 23.6 Å². The molecule has 0 fully saturated rings. The van der Waals surface area contributed by atoms with Crippen LogP contribution in [0.15, 0.2) is 12.1 Å². The van der Waals surface area contributed by atoms with Crippen molar-refractivity contribution in [2.75, 3.05) is 26.2 Å². The molecule has 0 aromatic heterocycles. The number of nitrogens with one attached hydrogen (secondary N) is 2. The summed E-state index contributed by atoms with van der Waals surface area (Å²) < 4.78 is 5.61. The maximum absolute atomic E-state index is 11.6. The van der Waals surface area contributed by atoms with E-state index < -0.39 is 0 Å². The van der Waals surface area contributed by atoms with Gasteiger partial charge in [0.05, 0.1) is 0 Å². The van der Waals surface area contributed by atoms with Crippen molar-refractivity contribution >= 4 is 5.91 Å². The summed E-state index contributed by atoms with van der Waals surface area (Å²) in [6, 6.07) is 4.12. The van der Waals surface area contributed by atoms with Crippen LogP contribution in [0.25, 0.3) is 0 Å². The van der Waals surface area contributed by atoms with Gasteiger partial charge in [-0.1, -0.05) is 24.6 Å². The standard InChI is InChI=1S/C15H24N2O2/c1-5-16-6-7-17-14(18)10-19-15-12(3)8-11(2)9-13(15)4/h8-9,16H,5-7,10H2,1-4H3,(H,17,18). The van der Waals surface area contributed by atoms with Gasteiger partial charge in [-0.05, 0) is 38.4 Å².